The van der Waals surface area contributed by atoms with Gasteiger partial charge < -0.3 is 10.0 Å². The van der Waals surface area contributed by atoms with E-state index in [0.717, 1.165) is 36.9 Å². The van der Waals surface area contributed by atoms with Crippen LogP contribution < -0.4 is 0 Å². The van der Waals surface area contributed by atoms with Gasteiger partial charge in [-0.1, -0.05) is 54.3 Å². The highest BCUT2D eigenvalue weighted by atomic mass is 16.3. The van der Waals surface area contributed by atoms with Crippen LogP contribution in [0.25, 0.3) is 0 Å². The Morgan fingerprint density at radius 2 is 1.80 bits per heavy atom. The summed E-state index contributed by atoms with van der Waals surface area (Å²) in [5.74, 6) is 0.889. The molecule has 2 aromatic rings. The molecule has 3 atom stereocenters. The summed E-state index contributed by atoms with van der Waals surface area (Å²) >= 11 is 0. The van der Waals surface area contributed by atoms with Crippen LogP contribution in [0.15, 0.2) is 30.5 Å². The Kier molecular flexibility index (Phi) is 5.35. The maximum Gasteiger partial charge on any atom is 0.226 e. The normalized spacial score (nSPS) is 27.9. The second kappa shape index (κ2) is 8.14. The lowest BCUT2D eigenvalue weighted by molar-refractivity contribution is -0.144. The van der Waals surface area contributed by atoms with Crippen LogP contribution in [0, 0.1) is 12.8 Å². The molecule has 2 aliphatic carbocycles. The van der Waals surface area contributed by atoms with Crippen molar-refractivity contribution in [3.8, 4) is 0 Å². The van der Waals surface area contributed by atoms with E-state index >= 15 is 0 Å². The van der Waals surface area contributed by atoms with E-state index in [1.807, 2.05) is 15.8 Å². The number of carbonyl (C=O) groups excluding carboxylic acids is 1. The van der Waals surface area contributed by atoms with Crippen molar-refractivity contribution < 1.29 is 9.90 Å². The van der Waals surface area contributed by atoms with Crippen molar-refractivity contribution in [2.45, 2.75) is 82.4 Å². The van der Waals surface area contributed by atoms with E-state index in [0.29, 0.717) is 18.9 Å². The Hall–Kier alpha value is -2.21. The van der Waals surface area contributed by atoms with Gasteiger partial charge in [-0.15, -0.1) is 5.10 Å². The minimum Gasteiger partial charge on any atom is -0.391 e. The van der Waals surface area contributed by atoms with E-state index < -0.39 is 6.10 Å². The van der Waals surface area contributed by atoms with Gasteiger partial charge in [-0.25, -0.2) is 4.68 Å². The number of rotatable bonds is 4. The Bertz CT molecular complexity index is 883. The summed E-state index contributed by atoms with van der Waals surface area (Å²) in [5, 5.41) is 19.7. The van der Waals surface area contributed by atoms with Gasteiger partial charge in [0.2, 0.25) is 5.91 Å². The van der Waals surface area contributed by atoms with Crippen LogP contribution in [0.1, 0.15) is 86.2 Å². The van der Waals surface area contributed by atoms with Crippen LogP contribution >= 0.6 is 0 Å². The number of likely N-dealkylation sites (tertiary alicyclic amines) is 1. The number of aliphatic hydroxyl groups is 1. The van der Waals surface area contributed by atoms with E-state index in [4.69, 9.17) is 0 Å². The van der Waals surface area contributed by atoms with Gasteiger partial charge in [-0.05, 0) is 38.2 Å². The van der Waals surface area contributed by atoms with E-state index in [1.165, 1.54) is 24.8 Å². The van der Waals surface area contributed by atoms with E-state index in [2.05, 4.69) is 41.5 Å². The molecule has 1 saturated heterocycles. The topological polar surface area (TPSA) is 71.2 Å². The number of aromatic nitrogens is 3. The van der Waals surface area contributed by atoms with Crippen LogP contribution in [0.2, 0.25) is 0 Å². The lowest BCUT2D eigenvalue weighted by atomic mass is 9.85. The largest absolute Gasteiger partial charge is 0.391 e. The highest BCUT2D eigenvalue weighted by molar-refractivity contribution is 5.79. The molecular formula is C24H32N4O2. The fourth-order valence-corrected chi connectivity index (χ4v) is 5.17. The quantitative estimate of drug-likeness (QED) is 0.832. The monoisotopic (exact) mass is 408 g/mol. The molecular weight excluding hydrogens is 376 g/mol. The van der Waals surface area contributed by atoms with Crippen LogP contribution in [0.4, 0.5) is 0 Å². The molecule has 2 heterocycles. The van der Waals surface area contributed by atoms with E-state index in [-0.39, 0.29) is 23.9 Å². The molecule has 30 heavy (non-hydrogen) atoms. The maximum absolute atomic E-state index is 13.6. The Morgan fingerprint density at radius 1 is 1.07 bits per heavy atom. The number of nitrogens with zero attached hydrogens (tertiary/aromatic N) is 4. The molecule has 3 fully saturated rings. The average Bonchev–Trinajstić information content (AvgIpc) is 3.51. The molecule has 3 aliphatic rings. The molecule has 1 N–H and O–H groups in total. The number of amides is 1. The standard InChI is InChI=1S/C24H32N4O2/c1-16-7-9-18(10-8-16)21-13-23(29)22(28-14-20(25-26-28)17-11-12-17)15-27(21)24(30)19-5-3-2-4-6-19/h7-10,14,17,19,21-23,29H,2-6,11-13,15H2,1H3/t21-,22+,23+/m1/s1. The third-order valence-electron chi connectivity index (χ3n) is 7.23. The van der Waals surface area contributed by atoms with Crippen molar-refractivity contribution >= 4 is 5.91 Å². The first kappa shape index (κ1) is 19.7. The molecule has 160 valence electrons. The zero-order valence-corrected chi connectivity index (χ0v) is 17.8. The number of piperidine rings is 1. The molecule has 6 nitrogen and oxygen atoms in total. The molecule has 1 aliphatic heterocycles. The molecule has 6 heteroatoms. The van der Waals surface area contributed by atoms with Crippen molar-refractivity contribution in [2.24, 2.45) is 5.92 Å². The zero-order chi connectivity index (χ0) is 20.7. The Labute approximate surface area is 178 Å². The van der Waals surface area contributed by atoms with Crippen molar-refractivity contribution in [1.29, 1.82) is 0 Å². The molecule has 1 aromatic carbocycles. The van der Waals surface area contributed by atoms with E-state index in [1.54, 1.807) is 0 Å². The van der Waals surface area contributed by atoms with Crippen LogP contribution in [0.5, 0.6) is 0 Å². The first-order chi connectivity index (χ1) is 14.6. The molecule has 0 bridgehead atoms. The van der Waals surface area contributed by atoms with Gasteiger partial charge in [-0.2, -0.15) is 0 Å². The summed E-state index contributed by atoms with van der Waals surface area (Å²) in [7, 11) is 0. The summed E-state index contributed by atoms with van der Waals surface area (Å²) in [4.78, 5) is 15.6. The van der Waals surface area contributed by atoms with Crippen LogP contribution in [0.3, 0.4) is 0 Å². The molecule has 1 aromatic heterocycles. The van der Waals surface area contributed by atoms with Crippen molar-refractivity contribution in [3.63, 3.8) is 0 Å². The predicted octanol–water partition coefficient (Wildman–Crippen LogP) is 3.92. The van der Waals surface area contributed by atoms with E-state index in [9.17, 15) is 9.90 Å². The van der Waals surface area contributed by atoms with Crippen LogP contribution in [-0.2, 0) is 4.79 Å². The number of aliphatic hydroxyl groups excluding tert-OH is 1. The molecule has 2 saturated carbocycles. The summed E-state index contributed by atoms with van der Waals surface area (Å²) < 4.78 is 1.81. The van der Waals surface area contributed by atoms with Gasteiger partial charge in [0.25, 0.3) is 0 Å². The molecule has 0 spiro atoms. The summed E-state index contributed by atoms with van der Waals surface area (Å²) in [5.41, 5.74) is 3.33. The summed E-state index contributed by atoms with van der Waals surface area (Å²) in [6.07, 6.45) is 9.79. The lowest BCUT2D eigenvalue weighted by Gasteiger charge is -2.44. The first-order valence-electron chi connectivity index (χ1n) is 11.6. The second-order valence-corrected chi connectivity index (χ2v) is 9.52. The maximum atomic E-state index is 13.6. The zero-order valence-electron chi connectivity index (χ0n) is 17.8. The molecule has 0 radical (unpaired) electrons. The van der Waals surface area contributed by atoms with Gasteiger partial charge in [0.1, 0.15) is 0 Å². The first-order valence-corrected chi connectivity index (χ1v) is 11.6. The van der Waals surface area contributed by atoms with Crippen molar-refractivity contribution in [3.05, 3.63) is 47.3 Å². The fourth-order valence-electron chi connectivity index (χ4n) is 5.17. The Balaban J connectivity index is 1.43. The number of hydrogen-bond donors (Lipinski definition) is 1. The van der Waals surface area contributed by atoms with Gasteiger partial charge >= 0.3 is 0 Å². The summed E-state index contributed by atoms with van der Waals surface area (Å²) in [6, 6.07) is 8.08. The highest BCUT2D eigenvalue weighted by Crippen LogP contribution is 2.41. The third-order valence-corrected chi connectivity index (χ3v) is 7.23. The van der Waals surface area contributed by atoms with Crippen molar-refractivity contribution in [2.75, 3.05) is 6.54 Å². The number of hydrogen-bond acceptors (Lipinski definition) is 4. The minimum absolute atomic E-state index is 0.0855. The molecule has 0 unspecified atom stereocenters. The minimum atomic E-state index is -0.555. The highest BCUT2D eigenvalue weighted by Gasteiger charge is 2.41. The number of benzene rings is 1. The van der Waals surface area contributed by atoms with Gasteiger partial charge in [0.15, 0.2) is 0 Å². The summed E-state index contributed by atoms with van der Waals surface area (Å²) in [6.45, 7) is 2.56. The molecule has 5 rings (SSSR count). The molecule has 1 amide bonds. The predicted molar refractivity (Wildman–Crippen MR) is 114 cm³/mol. The Morgan fingerprint density at radius 3 is 2.50 bits per heavy atom. The third kappa shape index (κ3) is 3.89. The fraction of sp³-hybridized carbons (Fsp3) is 0.625. The van der Waals surface area contributed by atoms with Crippen molar-refractivity contribution in [1.82, 2.24) is 19.9 Å². The number of carbonyl (C=O) groups is 1. The smallest absolute Gasteiger partial charge is 0.226 e. The number of aryl methyl sites for hydroxylation is 1. The van der Waals surface area contributed by atoms with Gasteiger partial charge in [0.05, 0.1) is 23.9 Å². The average molecular weight is 409 g/mol. The van der Waals surface area contributed by atoms with Crippen LogP contribution in [-0.4, -0.2) is 43.6 Å². The second-order valence-electron chi connectivity index (χ2n) is 9.52. The lowest BCUT2D eigenvalue weighted by Crippen LogP contribution is -2.50. The van der Waals surface area contributed by atoms with Gasteiger partial charge in [0, 0.05) is 31.0 Å². The SMILES string of the molecule is Cc1ccc([C@H]2C[C@H](O)[C@@H](n3cc(C4CC4)nn3)CN2C(=O)C2CCCCC2)cc1. The van der Waals surface area contributed by atoms with Gasteiger partial charge in [-0.3, -0.25) is 4.79 Å².